The smallest absolute Gasteiger partial charge is 0.233 e. The molecule has 0 aliphatic heterocycles. The topological polar surface area (TPSA) is 46.2 Å². The molecular formula is C12H21NO2S. The Morgan fingerprint density at radius 1 is 1.50 bits per heavy atom. The van der Waals surface area contributed by atoms with Gasteiger partial charge in [-0.2, -0.15) is 0 Å². The highest BCUT2D eigenvalue weighted by Crippen LogP contribution is 2.11. The van der Waals surface area contributed by atoms with Gasteiger partial charge in [0, 0.05) is 13.0 Å². The van der Waals surface area contributed by atoms with Crippen molar-refractivity contribution < 1.29 is 9.59 Å². The number of aldehydes is 1. The molecule has 0 aromatic rings. The fourth-order valence-corrected chi connectivity index (χ4v) is 1.24. The van der Waals surface area contributed by atoms with Gasteiger partial charge in [0.1, 0.15) is 6.29 Å². The van der Waals surface area contributed by atoms with Crippen LogP contribution in [0.2, 0.25) is 0 Å². The van der Waals surface area contributed by atoms with Crippen molar-refractivity contribution in [3.8, 4) is 0 Å². The van der Waals surface area contributed by atoms with Crippen LogP contribution in [-0.4, -0.2) is 24.0 Å². The number of amides is 1. The van der Waals surface area contributed by atoms with Crippen LogP contribution in [0.25, 0.3) is 0 Å². The molecule has 3 nitrogen and oxygen atoms in total. The van der Waals surface area contributed by atoms with Crippen LogP contribution in [0.4, 0.5) is 0 Å². The SMILES string of the molecule is C=C/C=C\SC(C)C(=O)NCC.CCC=O. The molecule has 1 N–H and O–H groups in total. The maximum Gasteiger partial charge on any atom is 0.233 e. The molecule has 1 amide bonds. The molecule has 1 atom stereocenters. The number of rotatable bonds is 6. The Morgan fingerprint density at radius 2 is 2.06 bits per heavy atom. The van der Waals surface area contributed by atoms with E-state index in [4.69, 9.17) is 0 Å². The number of nitrogens with one attached hydrogen (secondary N) is 1. The lowest BCUT2D eigenvalue weighted by Gasteiger charge is -2.06. The van der Waals surface area contributed by atoms with Gasteiger partial charge in [0.05, 0.1) is 5.25 Å². The van der Waals surface area contributed by atoms with E-state index in [-0.39, 0.29) is 11.2 Å². The fourth-order valence-electron chi connectivity index (χ4n) is 0.599. The number of carbonyl (C=O) groups excluding carboxylic acids is 2. The van der Waals surface area contributed by atoms with Crippen LogP contribution in [0, 0.1) is 0 Å². The molecule has 0 aliphatic rings. The standard InChI is InChI=1S/C9H15NOS.C3H6O/c1-4-6-7-12-8(3)9(11)10-5-2;1-2-3-4/h4,6-8H,1,5H2,2-3H3,(H,10,11);3H,2H2,1H3/b7-6-;. The second-order valence-electron chi connectivity index (χ2n) is 2.81. The monoisotopic (exact) mass is 243 g/mol. The molecule has 1 unspecified atom stereocenters. The van der Waals surface area contributed by atoms with E-state index in [1.165, 1.54) is 11.8 Å². The minimum Gasteiger partial charge on any atom is -0.355 e. The summed E-state index contributed by atoms with van der Waals surface area (Å²) >= 11 is 1.49. The molecule has 4 heteroatoms. The van der Waals surface area contributed by atoms with E-state index in [1.54, 1.807) is 6.08 Å². The number of thioether (sulfide) groups is 1. The van der Waals surface area contributed by atoms with Crippen molar-refractivity contribution in [1.29, 1.82) is 0 Å². The highest BCUT2D eigenvalue weighted by Gasteiger charge is 2.09. The maximum absolute atomic E-state index is 11.1. The third kappa shape index (κ3) is 13.0. The summed E-state index contributed by atoms with van der Waals surface area (Å²) in [6.45, 7) is 9.83. The molecule has 0 heterocycles. The lowest BCUT2D eigenvalue weighted by Crippen LogP contribution is -2.30. The van der Waals surface area contributed by atoms with E-state index in [1.807, 2.05) is 32.3 Å². The van der Waals surface area contributed by atoms with E-state index in [9.17, 15) is 9.59 Å². The van der Waals surface area contributed by atoms with Gasteiger partial charge >= 0.3 is 0 Å². The number of hydrogen-bond donors (Lipinski definition) is 1. The normalized spacial score (nSPS) is 11.2. The summed E-state index contributed by atoms with van der Waals surface area (Å²) in [5.74, 6) is 0.0798. The van der Waals surface area contributed by atoms with Crippen LogP contribution in [0.15, 0.2) is 24.1 Å². The van der Waals surface area contributed by atoms with Crippen LogP contribution in [-0.2, 0) is 9.59 Å². The van der Waals surface area contributed by atoms with E-state index in [2.05, 4.69) is 11.9 Å². The average Bonchev–Trinajstić information content (AvgIpc) is 2.30. The number of allylic oxidation sites excluding steroid dienone is 2. The molecular weight excluding hydrogens is 222 g/mol. The third-order valence-corrected chi connectivity index (χ3v) is 2.32. The van der Waals surface area contributed by atoms with Crippen molar-refractivity contribution in [2.75, 3.05) is 6.54 Å². The minimum absolute atomic E-state index is 0.0267. The first-order chi connectivity index (χ1) is 7.63. The summed E-state index contributed by atoms with van der Waals surface area (Å²) in [6, 6.07) is 0. The van der Waals surface area contributed by atoms with Crippen LogP contribution < -0.4 is 5.32 Å². The van der Waals surface area contributed by atoms with Crippen molar-refractivity contribution in [3.63, 3.8) is 0 Å². The minimum atomic E-state index is -0.0267. The number of carbonyl (C=O) groups is 2. The zero-order valence-corrected chi connectivity index (χ0v) is 11.0. The lowest BCUT2D eigenvalue weighted by molar-refractivity contribution is -0.120. The Labute approximate surface area is 102 Å². The summed E-state index contributed by atoms with van der Waals surface area (Å²) in [7, 11) is 0. The van der Waals surface area contributed by atoms with Crippen LogP contribution in [0.5, 0.6) is 0 Å². The predicted molar refractivity (Wildman–Crippen MR) is 71.4 cm³/mol. The molecule has 0 saturated carbocycles. The largest absolute Gasteiger partial charge is 0.355 e. The molecule has 0 bridgehead atoms. The first kappa shape index (κ1) is 17.4. The van der Waals surface area contributed by atoms with Gasteiger partial charge in [0.15, 0.2) is 0 Å². The molecule has 0 saturated heterocycles. The lowest BCUT2D eigenvalue weighted by atomic mass is 10.4. The Morgan fingerprint density at radius 3 is 2.44 bits per heavy atom. The Balaban J connectivity index is 0. The highest BCUT2D eigenvalue weighted by atomic mass is 32.2. The summed E-state index contributed by atoms with van der Waals surface area (Å²) < 4.78 is 0. The highest BCUT2D eigenvalue weighted by molar-refractivity contribution is 8.03. The fraction of sp³-hybridized carbons (Fsp3) is 0.500. The van der Waals surface area contributed by atoms with Crippen molar-refractivity contribution in [3.05, 3.63) is 24.1 Å². The van der Waals surface area contributed by atoms with Gasteiger partial charge in [-0.1, -0.05) is 25.7 Å². The van der Waals surface area contributed by atoms with Gasteiger partial charge in [0.25, 0.3) is 0 Å². The molecule has 0 aromatic carbocycles. The average molecular weight is 243 g/mol. The summed E-state index contributed by atoms with van der Waals surface area (Å²) in [4.78, 5) is 20.3. The second-order valence-corrected chi connectivity index (χ2v) is 4.06. The van der Waals surface area contributed by atoms with Crippen molar-refractivity contribution in [2.24, 2.45) is 0 Å². The molecule has 0 fully saturated rings. The van der Waals surface area contributed by atoms with Crippen LogP contribution in [0.3, 0.4) is 0 Å². The zero-order valence-electron chi connectivity index (χ0n) is 10.2. The summed E-state index contributed by atoms with van der Waals surface area (Å²) in [5.41, 5.74) is 0. The molecule has 16 heavy (non-hydrogen) atoms. The Hall–Kier alpha value is -1.03. The third-order valence-electron chi connectivity index (χ3n) is 1.38. The van der Waals surface area contributed by atoms with Gasteiger partial charge < -0.3 is 10.1 Å². The summed E-state index contributed by atoms with van der Waals surface area (Å²) in [5, 5.41) is 4.59. The van der Waals surface area contributed by atoms with Crippen LogP contribution >= 0.6 is 11.8 Å². The van der Waals surface area contributed by atoms with E-state index in [0.717, 1.165) is 6.29 Å². The van der Waals surface area contributed by atoms with Gasteiger partial charge in [-0.05, 0) is 19.3 Å². The van der Waals surface area contributed by atoms with Gasteiger partial charge in [-0.15, -0.1) is 11.8 Å². The maximum atomic E-state index is 11.1. The van der Waals surface area contributed by atoms with E-state index < -0.39 is 0 Å². The Kier molecular flexibility index (Phi) is 15.2. The van der Waals surface area contributed by atoms with Crippen molar-refractivity contribution in [1.82, 2.24) is 5.32 Å². The van der Waals surface area contributed by atoms with Gasteiger partial charge in [0.2, 0.25) is 5.91 Å². The Bertz CT molecular complexity index is 227. The molecule has 0 rings (SSSR count). The molecule has 0 aromatic heterocycles. The van der Waals surface area contributed by atoms with E-state index in [0.29, 0.717) is 13.0 Å². The molecule has 92 valence electrons. The van der Waals surface area contributed by atoms with Crippen molar-refractivity contribution in [2.45, 2.75) is 32.4 Å². The summed E-state index contributed by atoms with van der Waals surface area (Å²) in [6.07, 6.45) is 5.03. The van der Waals surface area contributed by atoms with Gasteiger partial charge in [-0.25, -0.2) is 0 Å². The first-order valence-electron chi connectivity index (χ1n) is 5.28. The quantitative estimate of drug-likeness (QED) is 0.576. The molecule has 0 aliphatic carbocycles. The van der Waals surface area contributed by atoms with Gasteiger partial charge in [-0.3, -0.25) is 4.79 Å². The van der Waals surface area contributed by atoms with Crippen LogP contribution in [0.1, 0.15) is 27.2 Å². The zero-order chi connectivity index (χ0) is 12.8. The number of hydrogen-bond acceptors (Lipinski definition) is 3. The van der Waals surface area contributed by atoms with E-state index >= 15 is 0 Å². The molecule has 0 radical (unpaired) electrons. The molecule has 0 spiro atoms. The first-order valence-corrected chi connectivity index (χ1v) is 6.22. The predicted octanol–water partition coefficient (Wildman–Crippen LogP) is 2.54. The van der Waals surface area contributed by atoms with Crippen molar-refractivity contribution >= 4 is 24.0 Å². The second kappa shape index (κ2) is 14.0.